The number of carbonyl (C=O) groups is 1. The van der Waals surface area contributed by atoms with Gasteiger partial charge in [-0.3, -0.25) is 4.79 Å². The maximum atomic E-state index is 13.1. The van der Waals surface area contributed by atoms with Gasteiger partial charge in [-0.1, -0.05) is 5.21 Å². The van der Waals surface area contributed by atoms with Crippen LogP contribution in [-0.2, 0) is 10.0 Å². The van der Waals surface area contributed by atoms with Crippen molar-refractivity contribution in [2.24, 2.45) is 5.14 Å². The number of amides is 1. The molecule has 0 unspecified atom stereocenters. The fourth-order valence-electron chi connectivity index (χ4n) is 2.34. The molecule has 3 N–H and O–H groups in total. The standard InChI is InChI=1S/C14H16FN5O3S/c15-10-3-5-11(6-4-10)20-13(9-1-2-9)12(18-19-20)14(21)17-7-8-24(16,22)23/h3-6,9H,1-2,7-8H2,(H,17,21)(H2,16,22,23). The summed E-state index contributed by atoms with van der Waals surface area (Å²) >= 11 is 0. The molecule has 24 heavy (non-hydrogen) atoms. The Morgan fingerprint density at radius 2 is 2.00 bits per heavy atom. The van der Waals surface area contributed by atoms with Gasteiger partial charge in [-0.25, -0.2) is 22.6 Å². The van der Waals surface area contributed by atoms with Gasteiger partial charge in [0.2, 0.25) is 10.0 Å². The Bertz CT molecular complexity index is 859. The van der Waals surface area contributed by atoms with E-state index >= 15 is 0 Å². The summed E-state index contributed by atoms with van der Waals surface area (Å²) in [6.45, 7) is -0.106. The number of halogens is 1. The van der Waals surface area contributed by atoms with Crippen LogP contribution in [0.5, 0.6) is 0 Å². The van der Waals surface area contributed by atoms with E-state index in [1.165, 1.54) is 16.8 Å². The van der Waals surface area contributed by atoms with Gasteiger partial charge in [0.05, 0.1) is 17.1 Å². The third kappa shape index (κ3) is 3.77. The molecular formula is C14H16FN5O3S. The average Bonchev–Trinajstić information content (AvgIpc) is 3.25. The summed E-state index contributed by atoms with van der Waals surface area (Å²) < 4.78 is 36.4. The zero-order chi connectivity index (χ0) is 17.3. The first-order chi connectivity index (χ1) is 11.3. The van der Waals surface area contributed by atoms with Crippen LogP contribution in [0.1, 0.15) is 34.9 Å². The Morgan fingerprint density at radius 3 is 2.58 bits per heavy atom. The Balaban J connectivity index is 1.84. The van der Waals surface area contributed by atoms with Crippen molar-refractivity contribution in [3.05, 3.63) is 41.5 Å². The summed E-state index contributed by atoms with van der Waals surface area (Å²) in [6, 6.07) is 5.72. The first-order valence-corrected chi connectivity index (χ1v) is 9.07. The normalized spacial score (nSPS) is 14.6. The van der Waals surface area contributed by atoms with Crippen LogP contribution in [0.15, 0.2) is 24.3 Å². The molecule has 2 aromatic rings. The number of carbonyl (C=O) groups excluding carboxylic acids is 1. The Hall–Kier alpha value is -2.33. The molecule has 10 heteroatoms. The summed E-state index contributed by atoms with van der Waals surface area (Å²) in [5.74, 6) is -1.07. The summed E-state index contributed by atoms with van der Waals surface area (Å²) in [5, 5.41) is 15.3. The van der Waals surface area contributed by atoms with E-state index < -0.39 is 15.9 Å². The van der Waals surface area contributed by atoms with Crippen molar-refractivity contribution >= 4 is 15.9 Å². The molecular weight excluding hydrogens is 337 g/mol. The van der Waals surface area contributed by atoms with Crippen LogP contribution < -0.4 is 10.5 Å². The molecule has 0 aliphatic heterocycles. The largest absolute Gasteiger partial charge is 0.350 e. The fourth-order valence-corrected chi connectivity index (χ4v) is 2.72. The van der Waals surface area contributed by atoms with Crippen LogP contribution in [0.25, 0.3) is 5.69 Å². The molecule has 1 fully saturated rings. The van der Waals surface area contributed by atoms with E-state index in [2.05, 4.69) is 15.6 Å². The average molecular weight is 353 g/mol. The minimum atomic E-state index is -3.65. The molecule has 1 aromatic heterocycles. The first kappa shape index (κ1) is 16.5. The van der Waals surface area contributed by atoms with Crippen molar-refractivity contribution in [3.63, 3.8) is 0 Å². The van der Waals surface area contributed by atoms with Gasteiger partial charge >= 0.3 is 0 Å². The number of rotatable bonds is 6. The number of nitrogens with one attached hydrogen (secondary N) is 1. The Kier molecular flexibility index (Phi) is 4.33. The quantitative estimate of drug-likeness (QED) is 0.774. The van der Waals surface area contributed by atoms with Crippen LogP contribution in [0, 0.1) is 5.82 Å². The fraction of sp³-hybridized carbons (Fsp3) is 0.357. The van der Waals surface area contributed by atoms with E-state index in [1.807, 2.05) is 0 Å². The molecule has 8 nitrogen and oxygen atoms in total. The van der Waals surface area contributed by atoms with Gasteiger partial charge in [-0.2, -0.15) is 0 Å². The second kappa shape index (κ2) is 6.29. The number of nitrogens with zero attached hydrogens (tertiary/aromatic N) is 3. The van der Waals surface area contributed by atoms with Crippen molar-refractivity contribution in [1.82, 2.24) is 20.3 Å². The highest BCUT2D eigenvalue weighted by Gasteiger charge is 2.34. The van der Waals surface area contributed by atoms with Gasteiger partial charge in [-0.15, -0.1) is 5.10 Å². The van der Waals surface area contributed by atoms with Gasteiger partial charge in [0.15, 0.2) is 5.69 Å². The van der Waals surface area contributed by atoms with E-state index in [0.29, 0.717) is 11.4 Å². The Labute approximate surface area is 137 Å². The number of benzene rings is 1. The smallest absolute Gasteiger partial charge is 0.273 e. The van der Waals surface area contributed by atoms with Crippen LogP contribution >= 0.6 is 0 Å². The zero-order valence-corrected chi connectivity index (χ0v) is 13.5. The van der Waals surface area contributed by atoms with Crippen molar-refractivity contribution in [2.75, 3.05) is 12.3 Å². The second-order valence-electron chi connectivity index (χ2n) is 5.61. The molecule has 1 aliphatic carbocycles. The van der Waals surface area contributed by atoms with E-state index in [-0.39, 0.29) is 29.7 Å². The zero-order valence-electron chi connectivity index (χ0n) is 12.6. The Morgan fingerprint density at radius 1 is 1.33 bits per heavy atom. The van der Waals surface area contributed by atoms with E-state index in [0.717, 1.165) is 12.8 Å². The van der Waals surface area contributed by atoms with Gasteiger partial charge in [0, 0.05) is 12.5 Å². The number of nitrogens with two attached hydrogens (primary N) is 1. The number of primary sulfonamides is 1. The molecule has 1 heterocycles. The number of hydrogen-bond acceptors (Lipinski definition) is 5. The molecule has 3 rings (SSSR count). The molecule has 128 valence electrons. The third-order valence-corrected chi connectivity index (χ3v) is 4.40. The van der Waals surface area contributed by atoms with E-state index in [4.69, 9.17) is 5.14 Å². The molecule has 0 atom stereocenters. The minimum Gasteiger partial charge on any atom is -0.350 e. The maximum absolute atomic E-state index is 13.1. The lowest BCUT2D eigenvalue weighted by atomic mass is 10.2. The van der Waals surface area contributed by atoms with Gasteiger partial charge in [0.25, 0.3) is 5.91 Å². The molecule has 0 radical (unpaired) electrons. The summed E-state index contributed by atoms with van der Waals surface area (Å²) in [7, 11) is -3.65. The highest BCUT2D eigenvalue weighted by Crippen LogP contribution is 2.41. The van der Waals surface area contributed by atoms with Crippen molar-refractivity contribution < 1.29 is 17.6 Å². The third-order valence-electron chi connectivity index (χ3n) is 3.63. The number of sulfonamides is 1. The van der Waals surface area contributed by atoms with Crippen LogP contribution in [0.2, 0.25) is 0 Å². The van der Waals surface area contributed by atoms with Crippen molar-refractivity contribution in [2.45, 2.75) is 18.8 Å². The van der Waals surface area contributed by atoms with E-state index in [9.17, 15) is 17.6 Å². The number of aromatic nitrogens is 3. The van der Waals surface area contributed by atoms with Crippen LogP contribution in [0.3, 0.4) is 0 Å². The molecule has 0 bridgehead atoms. The van der Waals surface area contributed by atoms with Crippen LogP contribution in [-0.4, -0.2) is 41.6 Å². The van der Waals surface area contributed by atoms with Gasteiger partial charge < -0.3 is 5.32 Å². The topological polar surface area (TPSA) is 120 Å². The summed E-state index contributed by atoms with van der Waals surface area (Å²) in [5.41, 5.74) is 1.40. The molecule has 1 amide bonds. The predicted octanol–water partition coefficient (Wildman–Crippen LogP) is 0.302. The van der Waals surface area contributed by atoms with Crippen molar-refractivity contribution in [1.29, 1.82) is 0 Å². The monoisotopic (exact) mass is 353 g/mol. The van der Waals surface area contributed by atoms with Gasteiger partial charge in [0.1, 0.15) is 5.82 Å². The lowest BCUT2D eigenvalue weighted by Crippen LogP contribution is -2.32. The minimum absolute atomic E-state index is 0.106. The van der Waals surface area contributed by atoms with Crippen molar-refractivity contribution in [3.8, 4) is 5.69 Å². The molecule has 1 saturated carbocycles. The van der Waals surface area contributed by atoms with Gasteiger partial charge in [-0.05, 0) is 37.1 Å². The molecule has 1 aromatic carbocycles. The predicted molar refractivity (Wildman–Crippen MR) is 83.6 cm³/mol. The highest BCUT2D eigenvalue weighted by atomic mass is 32.2. The first-order valence-electron chi connectivity index (χ1n) is 7.35. The van der Waals surface area contributed by atoms with E-state index in [1.54, 1.807) is 12.1 Å². The second-order valence-corrected chi connectivity index (χ2v) is 7.34. The summed E-state index contributed by atoms with van der Waals surface area (Å²) in [4.78, 5) is 12.3. The molecule has 0 saturated heterocycles. The highest BCUT2D eigenvalue weighted by molar-refractivity contribution is 7.89. The lowest BCUT2D eigenvalue weighted by Gasteiger charge is -2.07. The molecule has 1 aliphatic rings. The molecule has 0 spiro atoms. The lowest BCUT2D eigenvalue weighted by molar-refractivity contribution is 0.0950. The van der Waals surface area contributed by atoms with Crippen LogP contribution in [0.4, 0.5) is 4.39 Å². The number of hydrogen-bond donors (Lipinski definition) is 2. The maximum Gasteiger partial charge on any atom is 0.273 e. The summed E-state index contributed by atoms with van der Waals surface area (Å²) in [6.07, 6.45) is 1.82. The SMILES string of the molecule is NS(=O)(=O)CCNC(=O)c1nnn(-c2ccc(F)cc2)c1C1CC1.